The zero-order valence-electron chi connectivity index (χ0n) is 16.6. The summed E-state index contributed by atoms with van der Waals surface area (Å²) in [6.07, 6.45) is 1.09. The number of halogens is 3. The fraction of sp³-hybridized carbons (Fsp3) is 0.476. The number of hydrogen-bond donors (Lipinski definition) is 0. The lowest BCUT2D eigenvalue weighted by atomic mass is 10.2. The Hall–Kier alpha value is -2.84. The molecule has 0 aliphatic carbocycles. The lowest BCUT2D eigenvalue weighted by Gasteiger charge is -2.25. The van der Waals surface area contributed by atoms with Crippen LogP contribution in [0.1, 0.15) is 35.2 Å². The highest BCUT2D eigenvalue weighted by Crippen LogP contribution is 2.29. The van der Waals surface area contributed by atoms with Gasteiger partial charge in [0, 0.05) is 51.7 Å². The second-order valence-corrected chi connectivity index (χ2v) is 7.60. The summed E-state index contributed by atoms with van der Waals surface area (Å²) in [6.45, 7) is 4.03. The Balaban J connectivity index is 1.45. The average Bonchev–Trinajstić information content (AvgIpc) is 3.17. The van der Waals surface area contributed by atoms with Crippen molar-refractivity contribution in [1.29, 1.82) is 0 Å². The van der Waals surface area contributed by atoms with Crippen molar-refractivity contribution in [3.05, 3.63) is 47.8 Å². The predicted octanol–water partition coefficient (Wildman–Crippen LogP) is 3.45. The molecule has 0 aromatic carbocycles. The Morgan fingerprint density at radius 1 is 0.867 bits per heavy atom. The molecular formula is C21H24F3N5O. The van der Waals surface area contributed by atoms with Gasteiger partial charge in [-0.1, -0.05) is 0 Å². The van der Waals surface area contributed by atoms with Gasteiger partial charge in [-0.25, -0.2) is 9.97 Å². The van der Waals surface area contributed by atoms with Gasteiger partial charge in [-0.05, 0) is 43.5 Å². The van der Waals surface area contributed by atoms with Gasteiger partial charge in [-0.3, -0.25) is 4.79 Å². The van der Waals surface area contributed by atoms with Crippen LogP contribution < -0.4 is 9.80 Å². The molecule has 30 heavy (non-hydrogen) atoms. The van der Waals surface area contributed by atoms with E-state index in [4.69, 9.17) is 0 Å². The lowest BCUT2D eigenvalue weighted by molar-refractivity contribution is -0.137. The molecule has 0 spiro atoms. The van der Waals surface area contributed by atoms with Gasteiger partial charge in [0.1, 0.15) is 11.6 Å². The number of pyridine rings is 2. The molecule has 0 unspecified atom stereocenters. The van der Waals surface area contributed by atoms with Crippen molar-refractivity contribution in [3.63, 3.8) is 0 Å². The van der Waals surface area contributed by atoms with Crippen LogP contribution in [0.3, 0.4) is 0 Å². The predicted molar refractivity (Wildman–Crippen MR) is 108 cm³/mol. The van der Waals surface area contributed by atoms with Gasteiger partial charge in [0.25, 0.3) is 5.91 Å². The number of carbonyl (C=O) groups excluding carboxylic acids is 1. The van der Waals surface area contributed by atoms with E-state index in [2.05, 4.69) is 14.9 Å². The quantitative estimate of drug-likeness (QED) is 0.763. The van der Waals surface area contributed by atoms with Gasteiger partial charge in [-0.15, -0.1) is 0 Å². The summed E-state index contributed by atoms with van der Waals surface area (Å²) in [7, 11) is 0. The molecule has 0 N–H and O–H groups in total. The molecule has 0 saturated carbocycles. The number of anilines is 2. The van der Waals surface area contributed by atoms with Crippen LogP contribution in [-0.4, -0.2) is 60.0 Å². The third-order valence-electron chi connectivity index (χ3n) is 5.60. The zero-order valence-corrected chi connectivity index (χ0v) is 16.6. The van der Waals surface area contributed by atoms with Crippen molar-refractivity contribution in [2.45, 2.75) is 25.4 Å². The number of alkyl halides is 3. The van der Waals surface area contributed by atoms with Gasteiger partial charge < -0.3 is 14.7 Å². The second-order valence-electron chi connectivity index (χ2n) is 7.60. The Bertz CT molecular complexity index is 881. The van der Waals surface area contributed by atoms with Gasteiger partial charge >= 0.3 is 6.18 Å². The average molecular weight is 419 g/mol. The molecule has 2 aliphatic rings. The molecule has 4 heterocycles. The standard InChI is InChI=1S/C21H24F3N5O/c22-21(23,24)16-6-7-18(26-15-16)27-11-4-12-29(14-13-27)20(30)17-5-3-8-25-19(17)28-9-1-2-10-28/h3,5-8,15H,1-2,4,9-14H2. The minimum atomic E-state index is -4.40. The summed E-state index contributed by atoms with van der Waals surface area (Å²) in [5.74, 6) is 1.19. The van der Waals surface area contributed by atoms with Crippen molar-refractivity contribution in [1.82, 2.24) is 14.9 Å². The van der Waals surface area contributed by atoms with Crippen molar-refractivity contribution in [2.24, 2.45) is 0 Å². The Labute approximate surface area is 173 Å². The smallest absolute Gasteiger partial charge is 0.356 e. The van der Waals surface area contributed by atoms with E-state index in [-0.39, 0.29) is 5.91 Å². The molecule has 0 radical (unpaired) electrons. The van der Waals surface area contributed by atoms with Gasteiger partial charge in [-0.2, -0.15) is 13.2 Å². The first kappa shape index (κ1) is 20.4. The van der Waals surface area contributed by atoms with Crippen LogP contribution in [0.15, 0.2) is 36.7 Å². The van der Waals surface area contributed by atoms with E-state index < -0.39 is 11.7 Å². The summed E-state index contributed by atoms with van der Waals surface area (Å²) >= 11 is 0. The third-order valence-corrected chi connectivity index (χ3v) is 5.60. The minimum Gasteiger partial charge on any atom is -0.356 e. The van der Waals surface area contributed by atoms with Crippen LogP contribution in [0.2, 0.25) is 0 Å². The number of rotatable bonds is 3. The van der Waals surface area contributed by atoms with Crippen molar-refractivity contribution in [2.75, 3.05) is 49.1 Å². The maximum absolute atomic E-state index is 13.2. The molecular weight excluding hydrogens is 395 g/mol. The van der Waals surface area contributed by atoms with Crippen LogP contribution >= 0.6 is 0 Å². The van der Waals surface area contributed by atoms with E-state index in [0.29, 0.717) is 44.0 Å². The molecule has 6 nitrogen and oxygen atoms in total. The molecule has 2 saturated heterocycles. The molecule has 2 aromatic heterocycles. The molecule has 160 valence electrons. The van der Waals surface area contributed by atoms with E-state index in [0.717, 1.165) is 44.0 Å². The minimum absolute atomic E-state index is 0.0489. The van der Waals surface area contributed by atoms with Gasteiger partial charge in [0.15, 0.2) is 0 Å². The first-order chi connectivity index (χ1) is 14.4. The topological polar surface area (TPSA) is 52.6 Å². The molecule has 0 bridgehead atoms. The normalized spacial score (nSPS) is 17.9. The Morgan fingerprint density at radius 2 is 1.63 bits per heavy atom. The molecule has 2 fully saturated rings. The fourth-order valence-corrected chi connectivity index (χ4v) is 4.01. The maximum atomic E-state index is 13.2. The number of carbonyl (C=O) groups is 1. The SMILES string of the molecule is O=C(c1cccnc1N1CCCC1)N1CCCN(c2ccc(C(F)(F)F)cn2)CC1. The number of aromatic nitrogens is 2. The highest BCUT2D eigenvalue weighted by molar-refractivity contribution is 5.99. The van der Waals surface area contributed by atoms with Crippen molar-refractivity contribution >= 4 is 17.5 Å². The summed E-state index contributed by atoms with van der Waals surface area (Å²) in [5, 5.41) is 0. The molecule has 2 aromatic rings. The van der Waals surface area contributed by atoms with Crippen LogP contribution in [0, 0.1) is 0 Å². The van der Waals surface area contributed by atoms with Gasteiger partial charge in [0.05, 0.1) is 11.1 Å². The summed E-state index contributed by atoms with van der Waals surface area (Å²) in [4.78, 5) is 27.6. The van der Waals surface area contributed by atoms with E-state index >= 15 is 0 Å². The van der Waals surface area contributed by atoms with Crippen molar-refractivity contribution < 1.29 is 18.0 Å². The first-order valence-electron chi connectivity index (χ1n) is 10.2. The lowest BCUT2D eigenvalue weighted by Crippen LogP contribution is -2.36. The van der Waals surface area contributed by atoms with E-state index in [1.807, 2.05) is 11.0 Å². The van der Waals surface area contributed by atoms with Crippen LogP contribution in [0.25, 0.3) is 0 Å². The molecule has 1 amide bonds. The van der Waals surface area contributed by atoms with Crippen LogP contribution in [-0.2, 0) is 6.18 Å². The Kier molecular flexibility index (Phi) is 5.78. The largest absolute Gasteiger partial charge is 0.417 e. The molecule has 9 heteroatoms. The third kappa shape index (κ3) is 4.34. The number of nitrogens with zero attached hydrogens (tertiary/aromatic N) is 5. The maximum Gasteiger partial charge on any atom is 0.417 e. The monoisotopic (exact) mass is 419 g/mol. The highest BCUT2D eigenvalue weighted by atomic mass is 19.4. The second kappa shape index (κ2) is 8.49. The summed E-state index contributed by atoms with van der Waals surface area (Å²) < 4.78 is 38.3. The van der Waals surface area contributed by atoms with E-state index in [1.165, 1.54) is 6.07 Å². The molecule has 0 atom stereocenters. The van der Waals surface area contributed by atoms with Crippen LogP contribution in [0.5, 0.6) is 0 Å². The summed E-state index contributed by atoms with van der Waals surface area (Å²) in [6, 6.07) is 6.05. The highest BCUT2D eigenvalue weighted by Gasteiger charge is 2.31. The number of amides is 1. The first-order valence-corrected chi connectivity index (χ1v) is 10.2. The zero-order chi connectivity index (χ0) is 21.1. The van der Waals surface area contributed by atoms with E-state index in [9.17, 15) is 18.0 Å². The van der Waals surface area contributed by atoms with E-state index in [1.54, 1.807) is 17.2 Å². The molecule has 4 rings (SSSR count). The fourth-order valence-electron chi connectivity index (χ4n) is 4.01. The molecule has 2 aliphatic heterocycles. The number of hydrogen-bond acceptors (Lipinski definition) is 5. The van der Waals surface area contributed by atoms with Gasteiger partial charge in [0.2, 0.25) is 0 Å². The Morgan fingerprint density at radius 3 is 2.33 bits per heavy atom. The summed E-state index contributed by atoms with van der Waals surface area (Å²) in [5.41, 5.74) is -0.149. The van der Waals surface area contributed by atoms with Crippen LogP contribution in [0.4, 0.5) is 24.8 Å². The van der Waals surface area contributed by atoms with Crippen molar-refractivity contribution in [3.8, 4) is 0 Å².